The van der Waals surface area contributed by atoms with Gasteiger partial charge in [-0.3, -0.25) is 9.89 Å². The molecule has 8 nitrogen and oxygen atoms in total. The largest absolute Gasteiger partial charge is 0.492 e. The summed E-state index contributed by atoms with van der Waals surface area (Å²) in [6.45, 7) is 3.03. The molecule has 1 aliphatic carbocycles. The van der Waals surface area contributed by atoms with Gasteiger partial charge < -0.3 is 25.9 Å². The molecule has 2 heterocycles. The summed E-state index contributed by atoms with van der Waals surface area (Å²) >= 11 is 6.40. The van der Waals surface area contributed by atoms with E-state index in [1.54, 1.807) is 11.8 Å². The normalized spacial score (nSPS) is 18.2. The van der Waals surface area contributed by atoms with Crippen LogP contribution in [0.5, 0.6) is 5.75 Å². The van der Waals surface area contributed by atoms with Crippen LogP contribution in [0.15, 0.2) is 29.3 Å². The maximum atomic E-state index is 13.0. The van der Waals surface area contributed by atoms with Gasteiger partial charge in [-0.25, -0.2) is 4.79 Å². The second-order valence-corrected chi connectivity index (χ2v) is 8.58. The highest BCUT2D eigenvalue weighted by Gasteiger charge is 2.35. The first-order chi connectivity index (χ1) is 16.5. The van der Waals surface area contributed by atoms with Gasteiger partial charge in [-0.15, -0.1) is 17.5 Å². The number of fused-ring (bicyclic) bond motifs is 3. The van der Waals surface area contributed by atoms with Crippen LogP contribution in [-0.4, -0.2) is 53.6 Å². The summed E-state index contributed by atoms with van der Waals surface area (Å²) in [4.78, 5) is 22.2. The third kappa shape index (κ3) is 5.15. The molecular weight excluding hydrogens is 454 g/mol. The lowest BCUT2D eigenvalue weighted by Gasteiger charge is -2.35. The number of H-pyrrole nitrogens is 1. The number of carbonyl (C=O) groups excluding carboxylic acids is 1. The van der Waals surface area contributed by atoms with Crippen molar-refractivity contribution in [2.45, 2.75) is 31.2 Å². The minimum atomic E-state index is -0.397. The van der Waals surface area contributed by atoms with E-state index in [2.05, 4.69) is 34.0 Å². The van der Waals surface area contributed by atoms with E-state index in [1.807, 2.05) is 24.3 Å². The molecule has 0 fully saturated rings. The zero-order valence-electron chi connectivity index (χ0n) is 19.0. The number of rotatable bonds is 6. The smallest absolute Gasteiger partial charge is 0.411 e. The molecule has 0 radical (unpaired) electrons. The fourth-order valence-corrected chi connectivity index (χ4v) is 4.54. The SMILES string of the molecule is CC#CCOC(=O)N1CCc2c([nH]c3c2=CC(Cl)CC=3)C1c1ccc(OCCN=C(N)N)cc1. The highest BCUT2D eigenvalue weighted by atomic mass is 35.5. The van der Waals surface area contributed by atoms with Gasteiger partial charge in [-0.2, -0.15) is 0 Å². The van der Waals surface area contributed by atoms with Crippen LogP contribution in [0.1, 0.15) is 36.2 Å². The minimum Gasteiger partial charge on any atom is -0.492 e. The summed E-state index contributed by atoms with van der Waals surface area (Å²) in [5, 5.41) is 2.16. The Morgan fingerprint density at radius 3 is 2.85 bits per heavy atom. The third-order valence-corrected chi connectivity index (χ3v) is 6.13. The molecule has 9 heteroatoms. The molecule has 0 spiro atoms. The molecule has 4 rings (SSSR count). The Bertz CT molecular complexity index is 1250. The first kappa shape index (κ1) is 23.6. The minimum absolute atomic E-state index is 0.0307. The third-order valence-electron chi connectivity index (χ3n) is 5.82. The average molecular weight is 482 g/mol. The van der Waals surface area contributed by atoms with E-state index in [0.29, 0.717) is 31.9 Å². The van der Waals surface area contributed by atoms with E-state index < -0.39 is 6.09 Å². The molecule has 1 aromatic carbocycles. The maximum absolute atomic E-state index is 13.0. The highest BCUT2D eigenvalue weighted by Crippen LogP contribution is 2.34. The lowest BCUT2D eigenvalue weighted by molar-refractivity contribution is 0.0991. The van der Waals surface area contributed by atoms with Crippen LogP contribution in [0, 0.1) is 11.8 Å². The van der Waals surface area contributed by atoms with E-state index in [4.69, 9.17) is 32.5 Å². The van der Waals surface area contributed by atoms with Gasteiger partial charge in [0.1, 0.15) is 18.4 Å². The molecule has 2 aromatic rings. The van der Waals surface area contributed by atoms with Crippen molar-refractivity contribution in [1.29, 1.82) is 0 Å². The van der Waals surface area contributed by atoms with Crippen LogP contribution in [0.25, 0.3) is 12.2 Å². The highest BCUT2D eigenvalue weighted by molar-refractivity contribution is 6.24. The predicted molar refractivity (Wildman–Crippen MR) is 133 cm³/mol. The number of guanidine groups is 1. The molecule has 1 aliphatic heterocycles. The molecule has 2 aliphatic rings. The van der Waals surface area contributed by atoms with Crippen LogP contribution in [0.4, 0.5) is 4.79 Å². The molecule has 34 heavy (non-hydrogen) atoms. The number of halogens is 1. The molecule has 5 N–H and O–H groups in total. The molecule has 2 unspecified atom stereocenters. The number of nitrogens with one attached hydrogen (secondary N) is 1. The van der Waals surface area contributed by atoms with Crippen LogP contribution >= 0.6 is 11.6 Å². The van der Waals surface area contributed by atoms with Gasteiger partial charge in [0.2, 0.25) is 0 Å². The molecule has 1 amide bonds. The second-order valence-electron chi connectivity index (χ2n) is 8.02. The number of aromatic nitrogens is 1. The van der Waals surface area contributed by atoms with Gasteiger partial charge in [-0.1, -0.05) is 30.2 Å². The summed E-state index contributed by atoms with van der Waals surface area (Å²) in [5.41, 5.74) is 13.8. The van der Waals surface area contributed by atoms with E-state index in [0.717, 1.165) is 28.2 Å². The molecular formula is C25H28ClN5O3. The monoisotopic (exact) mass is 481 g/mol. The molecule has 2 atom stereocenters. The van der Waals surface area contributed by atoms with Crippen molar-refractivity contribution in [3.05, 3.63) is 51.7 Å². The number of alkyl halides is 1. The Balaban J connectivity index is 1.65. The number of aliphatic imine (C=N–C) groups is 1. The Hall–Kier alpha value is -3.57. The number of nitrogens with zero attached hydrogens (tertiary/aromatic N) is 2. The number of aromatic amines is 1. The average Bonchev–Trinajstić information content (AvgIpc) is 3.19. The Kier molecular flexibility index (Phi) is 7.33. The fraction of sp³-hybridized carbons (Fsp3) is 0.360. The first-order valence-corrected chi connectivity index (χ1v) is 11.6. The van der Waals surface area contributed by atoms with E-state index >= 15 is 0 Å². The summed E-state index contributed by atoms with van der Waals surface area (Å²) in [5.74, 6) is 6.25. The zero-order chi connectivity index (χ0) is 24.1. The summed E-state index contributed by atoms with van der Waals surface area (Å²) in [6, 6.07) is 7.34. The van der Waals surface area contributed by atoms with Crippen LogP contribution in [-0.2, 0) is 11.2 Å². The molecule has 0 saturated carbocycles. The van der Waals surface area contributed by atoms with Crippen molar-refractivity contribution in [1.82, 2.24) is 9.88 Å². The number of carbonyl (C=O) groups is 1. The standard InChI is InChI=1S/C25H28ClN5O3/c1-2-3-13-34-25(32)31-12-10-19-20-15-17(26)6-9-21(20)30-22(19)23(31)16-4-7-18(8-5-16)33-14-11-29-24(27)28/h4-5,7-9,15,17,23,30H,6,10-14H2,1H3,(H4,27,28,29). The van der Waals surface area contributed by atoms with Crippen LogP contribution in [0.3, 0.4) is 0 Å². The van der Waals surface area contributed by atoms with Gasteiger partial charge in [0.25, 0.3) is 0 Å². The maximum Gasteiger partial charge on any atom is 0.411 e. The molecule has 1 aromatic heterocycles. The number of hydrogen-bond acceptors (Lipinski definition) is 4. The Morgan fingerprint density at radius 1 is 1.32 bits per heavy atom. The summed E-state index contributed by atoms with van der Waals surface area (Å²) in [6.07, 6.45) is 5.31. The Labute approximate surface area is 203 Å². The number of amides is 1. The fourth-order valence-electron chi connectivity index (χ4n) is 4.33. The van der Waals surface area contributed by atoms with Gasteiger partial charge >= 0.3 is 6.09 Å². The van der Waals surface area contributed by atoms with Crippen molar-refractivity contribution >= 4 is 35.8 Å². The number of nitrogens with two attached hydrogens (primary N) is 2. The predicted octanol–water partition coefficient (Wildman–Crippen LogP) is 1.35. The van der Waals surface area contributed by atoms with E-state index in [-0.39, 0.29) is 24.0 Å². The van der Waals surface area contributed by atoms with Gasteiger partial charge in [0.15, 0.2) is 12.6 Å². The lowest BCUT2D eigenvalue weighted by atomic mass is 9.92. The van der Waals surface area contributed by atoms with Gasteiger partial charge in [-0.05, 0) is 43.0 Å². The Morgan fingerprint density at radius 2 is 2.12 bits per heavy atom. The quantitative estimate of drug-likeness (QED) is 0.189. The molecule has 178 valence electrons. The van der Waals surface area contributed by atoms with Crippen molar-refractivity contribution in [2.24, 2.45) is 16.5 Å². The molecule has 0 saturated heterocycles. The molecule has 0 bridgehead atoms. The van der Waals surface area contributed by atoms with Crippen molar-refractivity contribution in [3.63, 3.8) is 0 Å². The number of ether oxygens (including phenoxy) is 2. The first-order valence-electron chi connectivity index (χ1n) is 11.2. The van der Waals surface area contributed by atoms with E-state index in [1.165, 1.54) is 5.56 Å². The summed E-state index contributed by atoms with van der Waals surface area (Å²) < 4.78 is 11.1. The zero-order valence-corrected chi connectivity index (χ0v) is 19.8. The summed E-state index contributed by atoms with van der Waals surface area (Å²) in [7, 11) is 0. The van der Waals surface area contributed by atoms with Crippen LogP contribution < -0.4 is 26.8 Å². The topological polar surface area (TPSA) is 119 Å². The lowest BCUT2D eigenvalue weighted by Crippen LogP contribution is -2.42. The van der Waals surface area contributed by atoms with Gasteiger partial charge in [0.05, 0.1) is 11.9 Å². The number of benzene rings is 1. The second kappa shape index (κ2) is 10.6. The van der Waals surface area contributed by atoms with Gasteiger partial charge in [0, 0.05) is 22.8 Å². The van der Waals surface area contributed by atoms with E-state index in [9.17, 15) is 4.79 Å². The van der Waals surface area contributed by atoms with Crippen molar-refractivity contribution < 1.29 is 14.3 Å². The van der Waals surface area contributed by atoms with Crippen molar-refractivity contribution in [2.75, 3.05) is 26.3 Å². The number of hydrogen-bond donors (Lipinski definition) is 3. The van der Waals surface area contributed by atoms with Crippen molar-refractivity contribution in [3.8, 4) is 17.6 Å². The van der Waals surface area contributed by atoms with Crippen LogP contribution in [0.2, 0.25) is 0 Å².